The van der Waals surface area contributed by atoms with Gasteiger partial charge in [-0.05, 0) is 49.7 Å². The number of aldehydes is 1. The van der Waals surface area contributed by atoms with Gasteiger partial charge >= 0.3 is 5.97 Å². The lowest BCUT2D eigenvalue weighted by Crippen LogP contribution is -2.23. The van der Waals surface area contributed by atoms with Gasteiger partial charge in [0.25, 0.3) is 0 Å². The fraction of sp³-hybridized carbons (Fsp3) is 0.250. The van der Waals surface area contributed by atoms with Gasteiger partial charge in [0, 0.05) is 0 Å². The highest BCUT2D eigenvalue weighted by Crippen LogP contribution is 2.27. The van der Waals surface area contributed by atoms with Gasteiger partial charge in [0.15, 0.2) is 6.29 Å². The summed E-state index contributed by atoms with van der Waals surface area (Å²) in [5.41, 5.74) is 0.0720. The number of phenols is 1. The average Bonchev–Trinajstić information content (AvgIpc) is 2.36. The highest BCUT2D eigenvalue weighted by molar-refractivity contribution is 6.03. The molecule has 0 spiro atoms. The molecule has 0 heterocycles. The van der Waals surface area contributed by atoms with Gasteiger partial charge in [0.1, 0.15) is 11.4 Å². The first-order valence-corrected chi connectivity index (χ1v) is 6.26. The summed E-state index contributed by atoms with van der Waals surface area (Å²) in [5.74, 6) is -0.488. The third-order valence-corrected chi connectivity index (χ3v) is 2.79. The van der Waals surface area contributed by atoms with Crippen LogP contribution in [0.4, 0.5) is 0 Å². The molecule has 0 saturated heterocycles. The SMILES string of the molecule is CC(C)(C)OC(=O)c1ccc2c(C=O)c(O)ccc2c1. The zero-order valence-corrected chi connectivity index (χ0v) is 11.6. The van der Waals surface area contributed by atoms with E-state index in [0.29, 0.717) is 22.6 Å². The van der Waals surface area contributed by atoms with Gasteiger partial charge in [-0.15, -0.1) is 0 Å². The largest absolute Gasteiger partial charge is 0.507 e. The van der Waals surface area contributed by atoms with Crippen molar-refractivity contribution in [2.24, 2.45) is 0 Å². The maximum Gasteiger partial charge on any atom is 0.338 e. The number of phenolic OH excluding ortho intramolecular Hbond substituents is 1. The molecular formula is C16H16O4. The number of esters is 1. The van der Waals surface area contributed by atoms with E-state index in [1.54, 1.807) is 45.0 Å². The van der Waals surface area contributed by atoms with Crippen molar-refractivity contribution < 1.29 is 19.4 Å². The molecule has 0 aromatic heterocycles. The van der Waals surface area contributed by atoms with E-state index < -0.39 is 11.6 Å². The molecule has 2 aromatic rings. The minimum absolute atomic E-state index is 0.0717. The van der Waals surface area contributed by atoms with Crippen molar-refractivity contribution >= 4 is 23.0 Å². The maximum absolute atomic E-state index is 12.0. The zero-order chi connectivity index (χ0) is 14.9. The predicted molar refractivity (Wildman–Crippen MR) is 76.2 cm³/mol. The molecule has 0 bridgehead atoms. The van der Waals surface area contributed by atoms with Crippen molar-refractivity contribution in [3.8, 4) is 5.75 Å². The highest BCUT2D eigenvalue weighted by atomic mass is 16.6. The molecule has 1 N–H and O–H groups in total. The Morgan fingerprint density at radius 1 is 1.20 bits per heavy atom. The van der Waals surface area contributed by atoms with Crippen LogP contribution in [0.2, 0.25) is 0 Å². The van der Waals surface area contributed by atoms with Crippen molar-refractivity contribution in [1.29, 1.82) is 0 Å². The molecule has 2 aromatic carbocycles. The van der Waals surface area contributed by atoms with Gasteiger partial charge in [-0.3, -0.25) is 4.79 Å². The summed E-state index contributed by atoms with van der Waals surface area (Å²) in [6.07, 6.45) is 0.602. The van der Waals surface area contributed by atoms with E-state index in [0.717, 1.165) is 0 Å². The van der Waals surface area contributed by atoms with Crippen LogP contribution in [-0.4, -0.2) is 23.0 Å². The summed E-state index contributed by atoms with van der Waals surface area (Å²) >= 11 is 0. The second-order valence-corrected chi connectivity index (χ2v) is 5.55. The summed E-state index contributed by atoms with van der Waals surface area (Å²) in [6, 6.07) is 7.97. The standard InChI is InChI=1S/C16H16O4/c1-16(2,3)20-15(19)11-4-6-12-10(8-11)5-7-14(18)13(12)9-17/h4-9,18H,1-3H3. The van der Waals surface area contributed by atoms with Crippen LogP contribution in [0.15, 0.2) is 30.3 Å². The van der Waals surface area contributed by atoms with Gasteiger partial charge in [-0.25, -0.2) is 4.79 Å². The van der Waals surface area contributed by atoms with Gasteiger partial charge < -0.3 is 9.84 Å². The van der Waals surface area contributed by atoms with Gasteiger partial charge in [0.2, 0.25) is 0 Å². The van der Waals surface area contributed by atoms with Crippen LogP contribution in [0.25, 0.3) is 10.8 Å². The quantitative estimate of drug-likeness (QED) is 0.673. The fourth-order valence-electron chi connectivity index (χ4n) is 1.93. The molecular weight excluding hydrogens is 256 g/mol. The number of ether oxygens (including phenoxy) is 1. The summed E-state index contributed by atoms with van der Waals surface area (Å²) in [7, 11) is 0. The molecule has 0 saturated carbocycles. The van der Waals surface area contributed by atoms with Crippen LogP contribution in [0.3, 0.4) is 0 Å². The molecule has 104 valence electrons. The summed E-state index contributed by atoms with van der Waals surface area (Å²) in [5, 5.41) is 10.9. The van der Waals surface area contributed by atoms with E-state index in [4.69, 9.17) is 4.74 Å². The second-order valence-electron chi connectivity index (χ2n) is 5.55. The Bertz CT molecular complexity index is 681. The molecule has 0 fully saturated rings. The number of rotatable bonds is 2. The van der Waals surface area contributed by atoms with E-state index in [1.807, 2.05) is 0 Å². The molecule has 0 aliphatic heterocycles. The van der Waals surface area contributed by atoms with E-state index in [-0.39, 0.29) is 11.3 Å². The van der Waals surface area contributed by atoms with Crippen LogP contribution < -0.4 is 0 Å². The molecule has 2 rings (SSSR count). The van der Waals surface area contributed by atoms with Crippen LogP contribution >= 0.6 is 0 Å². The van der Waals surface area contributed by atoms with Crippen molar-refractivity contribution in [3.05, 3.63) is 41.5 Å². The Labute approximate surface area is 117 Å². The topological polar surface area (TPSA) is 63.6 Å². The van der Waals surface area contributed by atoms with Crippen LogP contribution in [0.1, 0.15) is 41.5 Å². The Balaban J connectivity index is 2.48. The van der Waals surface area contributed by atoms with E-state index in [9.17, 15) is 14.7 Å². The summed E-state index contributed by atoms with van der Waals surface area (Å²) < 4.78 is 5.30. The summed E-state index contributed by atoms with van der Waals surface area (Å²) in [6.45, 7) is 5.40. The molecule has 0 aliphatic rings. The second kappa shape index (κ2) is 4.96. The fourth-order valence-corrected chi connectivity index (χ4v) is 1.93. The lowest BCUT2D eigenvalue weighted by Gasteiger charge is -2.19. The van der Waals surface area contributed by atoms with Crippen molar-refractivity contribution in [2.75, 3.05) is 0 Å². The van der Waals surface area contributed by atoms with Crippen molar-refractivity contribution in [2.45, 2.75) is 26.4 Å². The maximum atomic E-state index is 12.0. The third kappa shape index (κ3) is 2.79. The Kier molecular flexibility index (Phi) is 3.49. The molecule has 20 heavy (non-hydrogen) atoms. The smallest absolute Gasteiger partial charge is 0.338 e. The minimum Gasteiger partial charge on any atom is -0.507 e. The number of hydrogen-bond donors (Lipinski definition) is 1. The number of benzene rings is 2. The average molecular weight is 272 g/mol. The number of carbonyl (C=O) groups excluding carboxylic acids is 2. The first-order valence-electron chi connectivity index (χ1n) is 6.26. The first kappa shape index (κ1) is 14.1. The number of hydrogen-bond acceptors (Lipinski definition) is 4. The summed E-state index contributed by atoms with van der Waals surface area (Å²) in [4.78, 5) is 23.0. The molecule has 0 aliphatic carbocycles. The molecule has 4 nitrogen and oxygen atoms in total. The number of fused-ring (bicyclic) bond motifs is 1. The van der Waals surface area contributed by atoms with Crippen LogP contribution in [-0.2, 0) is 4.74 Å². The first-order chi connectivity index (χ1) is 9.31. The van der Waals surface area contributed by atoms with Gasteiger partial charge in [0.05, 0.1) is 11.1 Å². The molecule has 0 radical (unpaired) electrons. The molecule has 0 amide bonds. The Morgan fingerprint density at radius 2 is 1.90 bits per heavy atom. The lowest BCUT2D eigenvalue weighted by molar-refractivity contribution is 0.00696. The van der Waals surface area contributed by atoms with Crippen molar-refractivity contribution in [3.63, 3.8) is 0 Å². The van der Waals surface area contributed by atoms with Crippen LogP contribution in [0, 0.1) is 0 Å². The molecule has 4 heteroatoms. The van der Waals surface area contributed by atoms with Crippen molar-refractivity contribution in [1.82, 2.24) is 0 Å². The highest BCUT2D eigenvalue weighted by Gasteiger charge is 2.18. The molecule has 0 unspecified atom stereocenters. The minimum atomic E-state index is -0.561. The van der Waals surface area contributed by atoms with E-state index in [2.05, 4.69) is 0 Å². The normalized spacial score (nSPS) is 11.3. The third-order valence-electron chi connectivity index (χ3n) is 2.79. The van der Waals surface area contributed by atoms with Gasteiger partial charge in [-0.1, -0.05) is 12.1 Å². The lowest BCUT2D eigenvalue weighted by atomic mass is 10.0. The zero-order valence-electron chi connectivity index (χ0n) is 11.6. The predicted octanol–water partition coefficient (Wildman–Crippen LogP) is 3.31. The number of carbonyl (C=O) groups is 2. The Morgan fingerprint density at radius 3 is 2.50 bits per heavy atom. The Hall–Kier alpha value is -2.36. The monoisotopic (exact) mass is 272 g/mol. The van der Waals surface area contributed by atoms with E-state index in [1.165, 1.54) is 6.07 Å². The van der Waals surface area contributed by atoms with Crippen LogP contribution in [0.5, 0.6) is 5.75 Å². The molecule has 0 atom stereocenters. The number of aromatic hydroxyl groups is 1. The van der Waals surface area contributed by atoms with Gasteiger partial charge in [-0.2, -0.15) is 0 Å². The van der Waals surface area contributed by atoms with E-state index >= 15 is 0 Å².